The van der Waals surface area contributed by atoms with Gasteiger partial charge < -0.3 is 15.5 Å². The average Bonchev–Trinajstić information content (AvgIpc) is 2.89. The van der Waals surface area contributed by atoms with Crippen LogP contribution in [0.25, 0.3) is 0 Å². The van der Waals surface area contributed by atoms with Gasteiger partial charge >= 0.3 is 0 Å². The second-order valence-electron chi connectivity index (χ2n) is 4.70. The fourth-order valence-corrected chi connectivity index (χ4v) is 2.18. The van der Waals surface area contributed by atoms with Crippen LogP contribution in [0.15, 0.2) is 18.3 Å². The first-order chi connectivity index (χ1) is 8.29. The minimum Gasteiger partial charge on any atom is -0.358 e. The number of nitrogens with two attached hydrogens (primary N) is 1. The van der Waals surface area contributed by atoms with Crippen molar-refractivity contribution in [3.63, 3.8) is 0 Å². The van der Waals surface area contributed by atoms with Gasteiger partial charge in [-0.3, -0.25) is 0 Å². The molecule has 2 rings (SSSR count). The second-order valence-corrected chi connectivity index (χ2v) is 4.70. The van der Waals surface area contributed by atoms with Crippen LogP contribution >= 0.6 is 0 Å². The van der Waals surface area contributed by atoms with Crippen LogP contribution in [0.2, 0.25) is 0 Å². The van der Waals surface area contributed by atoms with E-state index in [2.05, 4.69) is 27.9 Å². The van der Waals surface area contributed by atoms with E-state index in [1.165, 1.54) is 25.9 Å². The van der Waals surface area contributed by atoms with E-state index in [0.717, 1.165) is 24.5 Å². The highest BCUT2D eigenvalue weighted by Crippen LogP contribution is 2.11. The molecule has 1 saturated heterocycles. The number of nitrogens with zero attached hydrogens (tertiary/aromatic N) is 3. The van der Waals surface area contributed by atoms with Gasteiger partial charge in [-0.1, -0.05) is 6.07 Å². The van der Waals surface area contributed by atoms with E-state index in [4.69, 9.17) is 5.73 Å². The van der Waals surface area contributed by atoms with Crippen LogP contribution in [0, 0.1) is 0 Å². The van der Waals surface area contributed by atoms with E-state index < -0.39 is 0 Å². The van der Waals surface area contributed by atoms with E-state index in [9.17, 15) is 0 Å². The topological polar surface area (TPSA) is 45.4 Å². The van der Waals surface area contributed by atoms with Crippen molar-refractivity contribution >= 4 is 5.82 Å². The molecule has 4 nitrogen and oxygen atoms in total. The van der Waals surface area contributed by atoms with Gasteiger partial charge in [0.25, 0.3) is 0 Å². The monoisotopic (exact) mass is 234 g/mol. The van der Waals surface area contributed by atoms with Crippen LogP contribution in [0.4, 0.5) is 5.82 Å². The Hall–Kier alpha value is -1.13. The Morgan fingerprint density at radius 3 is 2.71 bits per heavy atom. The van der Waals surface area contributed by atoms with E-state index in [1.54, 1.807) is 0 Å². The third-order valence-electron chi connectivity index (χ3n) is 3.39. The van der Waals surface area contributed by atoms with Gasteiger partial charge in [0.2, 0.25) is 0 Å². The molecular weight excluding hydrogens is 212 g/mol. The van der Waals surface area contributed by atoms with Gasteiger partial charge in [-0.2, -0.15) is 0 Å². The van der Waals surface area contributed by atoms with Gasteiger partial charge in [-0.25, -0.2) is 4.98 Å². The van der Waals surface area contributed by atoms with E-state index >= 15 is 0 Å². The number of likely N-dealkylation sites (tertiary alicyclic amines) is 1. The molecule has 0 bridgehead atoms. The molecule has 17 heavy (non-hydrogen) atoms. The van der Waals surface area contributed by atoms with E-state index in [1.807, 2.05) is 12.3 Å². The minimum absolute atomic E-state index is 0.560. The van der Waals surface area contributed by atoms with Crippen molar-refractivity contribution in [2.45, 2.75) is 19.4 Å². The Balaban J connectivity index is 1.83. The van der Waals surface area contributed by atoms with Crippen LogP contribution < -0.4 is 10.6 Å². The molecule has 0 aromatic carbocycles. The highest BCUT2D eigenvalue weighted by molar-refractivity contribution is 5.38. The SMILES string of the molecule is CN(CCN1CCCC1)c1ccc(CN)cn1. The molecule has 2 N–H and O–H groups in total. The molecule has 0 spiro atoms. The normalized spacial score (nSPS) is 16.4. The molecule has 0 amide bonds. The fraction of sp³-hybridized carbons (Fsp3) is 0.615. The molecule has 0 atom stereocenters. The van der Waals surface area contributed by atoms with Crippen molar-refractivity contribution in [3.05, 3.63) is 23.9 Å². The van der Waals surface area contributed by atoms with Crippen molar-refractivity contribution in [1.82, 2.24) is 9.88 Å². The molecule has 2 heterocycles. The predicted molar refractivity (Wildman–Crippen MR) is 71.1 cm³/mol. The molecule has 4 heteroatoms. The Labute approximate surface area is 103 Å². The first kappa shape index (κ1) is 12.3. The van der Waals surface area contributed by atoms with E-state index in [-0.39, 0.29) is 0 Å². The maximum Gasteiger partial charge on any atom is 0.128 e. The summed E-state index contributed by atoms with van der Waals surface area (Å²) in [5.41, 5.74) is 6.64. The first-order valence-electron chi connectivity index (χ1n) is 6.38. The van der Waals surface area contributed by atoms with Crippen molar-refractivity contribution in [3.8, 4) is 0 Å². The summed E-state index contributed by atoms with van der Waals surface area (Å²) >= 11 is 0. The molecule has 1 aliphatic heterocycles. The van der Waals surface area contributed by atoms with E-state index in [0.29, 0.717) is 6.54 Å². The Morgan fingerprint density at radius 2 is 2.12 bits per heavy atom. The minimum atomic E-state index is 0.560. The molecule has 1 aromatic heterocycles. The standard InChI is InChI=1S/C13H22N4/c1-16(8-9-17-6-2-3-7-17)13-5-4-12(10-14)11-15-13/h4-5,11H,2-3,6-10,14H2,1H3. The van der Waals surface area contributed by atoms with Gasteiger partial charge in [0.05, 0.1) is 0 Å². The Morgan fingerprint density at radius 1 is 1.35 bits per heavy atom. The summed E-state index contributed by atoms with van der Waals surface area (Å²) in [7, 11) is 2.10. The summed E-state index contributed by atoms with van der Waals surface area (Å²) < 4.78 is 0. The van der Waals surface area contributed by atoms with Gasteiger partial charge in [0.1, 0.15) is 5.82 Å². The highest BCUT2D eigenvalue weighted by atomic mass is 15.2. The maximum absolute atomic E-state index is 5.56. The number of anilines is 1. The quantitative estimate of drug-likeness (QED) is 0.828. The first-order valence-corrected chi connectivity index (χ1v) is 6.38. The largest absolute Gasteiger partial charge is 0.358 e. The lowest BCUT2D eigenvalue weighted by atomic mass is 10.3. The van der Waals surface area contributed by atoms with Crippen molar-refractivity contribution in [2.75, 3.05) is 38.1 Å². The summed E-state index contributed by atoms with van der Waals surface area (Å²) in [6.45, 7) is 5.25. The van der Waals surface area contributed by atoms with Crippen LogP contribution in [0.3, 0.4) is 0 Å². The lowest BCUT2D eigenvalue weighted by molar-refractivity contribution is 0.346. The lowest BCUT2D eigenvalue weighted by Gasteiger charge is -2.22. The number of aromatic nitrogens is 1. The predicted octanol–water partition coefficient (Wildman–Crippen LogP) is 1.07. The van der Waals surface area contributed by atoms with Crippen molar-refractivity contribution < 1.29 is 0 Å². The van der Waals surface area contributed by atoms with Gasteiger partial charge in [-0.05, 0) is 37.6 Å². The Bertz CT molecular complexity index is 330. The molecule has 0 aliphatic carbocycles. The fourth-order valence-electron chi connectivity index (χ4n) is 2.18. The number of likely N-dealkylation sites (N-methyl/N-ethyl adjacent to an activating group) is 1. The molecule has 1 aromatic rings. The second kappa shape index (κ2) is 5.98. The summed E-state index contributed by atoms with van der Waals surface area (Å²) in [6, 6.07) is 4.10. The van der Waals surface area contributed by atoms with Gasteiger partial charge in [-0.15, -0.1) is 0 Å². The van der Waals surface area contributed by atoms with Crippen molar-refractivity contribution in [1.29, 1.82) is 0 Å². The molecule has 94 valence electrons. The Kier molecular flexibility index (Phi) is 4.34. The maximum atomic E-state index is 5.56. The molecule has 1 aliphatic rings. The van der Waals surface area contributed by atoms with Gasteiger partial charge in [0.15, 0.2) is 0 Å². The lowest BCUT2D eigenvalue weighted by Crippen LogP contribution is -2.31. The zero-order chi connectivity index (χ0) is 12.1. The molecular formula is C13H22N4. The summed E-state index contributed by atoms with van der Waals surface area (Å²) in [5, 5.41) is 0. The summed E-state index contributed by atoms with van der Waals surface area (Å²) in [5.74, 6) is 1.03. The molecule has 1 fully saturated rings. The third-order valence-corrected chi connectivity index (χ3v) is 3.39. The zero-order valence-corrected chi connectivity index (χ0v) is 10.6. The molecule has 0 unspecified atom stereocenters. The third kappa shape index (κ3) is 3.41. The summed E-state index contributed by atoms with van der Waals surface area (Å²) in [6.07, 6.45) is 4.57. The van der Waals surface area contributed by atoms with Crippen LogP contribution in [-0.2, 0) is 6.54 Å². The van der Waals surface area contributed by atoms with Crippen LogP contribution in [0.5, 0.6) is 0 Å². The smallest absolute Gasteiger partial charge is 0.128 e. The zero-order valence-electron chi connectivity index (χ0n) is 10.6. The van der Waals surface area contributed by atoms with Crippen LogP contribution in [-0.4, -0.2) is 43.1 Å². The van der Waals surface area contributed by atoms with Crippen molar-refractivity contribution in [2.24, 2.45) is 5.73 Å². The number of hydrogen-bond donors (Lipinski definition) is 1. The average molecular weight is 234 g/mol. The summed E-state index contributed by atoms with van der Waals surface area (Å²) in [4.78, 5) is 9.15. The number of hydrogen-bond acceptors (Lipinski definition) is 4. The molecule has 0 saturated carbocycles. The number of pyridine rings is 1. The highest BCUT2D eigenvalue weighted by Gasteiger charge is 2.12. The number of rotatable bonds is 5. The van der Waals surface area contributed by atoms with Crippen LogP contribution in [0.1, 0.15) is 18.4 Å². The van der Waals surface area contributed by atoms with Gasteiger partial charge in [0, 0.05) is 32.9 Å². The molecule has 0 radical (unpaired) electrons.